The van der Waals surface area contributed by atoms with Gasteiger partial charge in [0.25, 0.3) is 0 Å². The van der Waals surface area contributed by atoms with Crippen molar-refractivity contribution in [2.24, 2.45) is 0 Å². The summed E-state index contributed by atoms with van der Waals surface area (Å²) < 4.78 is 0. The molecule has 0 amide bonds. The molecule has 2 nitrogen and oxygen atoms in total. The maximum absolute atomic E-state index is 10.5. The van der Waals surface area contributed by atoms with Gasteiger partial charge < -0.3 is 0 Å². The molecule has 1 aliphatic rings. The lowest BCUT2D eigenvalue weighted by Crippen LogP contribution is -2.28. The van der Waals surface area contributed by atoms with Gasteiger partial charge >= 0.3 is 0 Å². The summed E-state index contributed by atoms with van der Waals surface area (Å²) in [6.07, 6.45) is 5.02. The van der Waals surface area contributed by atoms with Crippen molar-refractivity contribution in [3.63, 3.8) is 0 Å². The summed E-state index contributed by atoms with van der Waals surface area (Å²) in [6, 6.07) is 0. The average molecular weight is 176 g/mol. The lowest BCUT2D eigenvalue weighted by Gasteiger charge is -2.16. The van der Waals surface area contributed by atoms with Gasteiger partial charge in [-0.2, -0.15) is 0 Å². The molecule has 0 aromatic rings. The van der Waals surface area contributed by atoms with E-state index in [1.54, 1.807) is 0 Å². The van der Waals surface area contributed by atoms with Crippen LogP contribution in [0.5, 0.6) is 0 Å². The molecule has 0 N–H and O–H groups in total. The molecule has 0 saturated carbocycles. The Morgan fingerprint density at radius 3 is 2.18 bits per heavy atom. The molecule has 1 heterocycles. The minimum Gasteiger partial charge on any atom is -0.295 e. The Bertz CT molecular complexity index is 130. The number of rotatable bonds is 2. The Hall–Kier alpha value is -0.0800. The van der Waals surface area contributed by atoms with Gasteiger partial charge in [0, 0.05) is 0 Å². The van der Waals surface area contributed by atoms with Crippen LogP contribution in [0, 0.1) is 0 Å². The smallest absolute Gasteiger partial charge is 0.235 e. The van der Waals surface area contributed by atoms with Gasteiger partial charge in [-0.25, -0.2) is 0 Å². The second kappa shape index (κ2) is 4.73. The highest BCUT2D eigenvalue weighted by molar-refractivity contribution is 6.64. The summed E-state index contributed by atoms with van der Waals surface area (Å²) in [4.78, 5) is 12.7. The van der Waals surface area contributed by atoms with Gasteiger partial charge in [-0.1, -0.05) is 12.8 Å². The first kappa shape index (κ1) is 9.01. The van der Waals surface area contributed by atoms with E-state index in [1.807, 2.05) is 0 Å². The molecule has 0 spiro atoms. The van der Waals surface area contributed by atoms with Gasteiger partial charge in [-0.3, -0.25) is 9.69 Å². The van der Waals surface area contributed by atoms with Gasteiger partial charge in [0.1, 0.15) is 0 Å². The Morgan fingerprint density at radius 1 is 1.18 bits per heavy atom. The number of hydrogen-bond donors (Lipinski definition) is 0. The van der Waals surface area contributed by atoms with E-state index in [0.717, 1.165) is 13.1 Å². The van der Waals surface area contributed by atoms with E-state index in [1.165, 1.54) is 25.7 Å². The Labute approximate surface area is 72.5 Å². The molecular formula is C8H14ClNO. The maximum Gasteiger partial charge on any atom is 0.235 e. The number of nitrogens with zero attached hydrogens (tertiary/aromatic N) is 1. The molecule has 11 heavy (non-hydrogen) atoms. The third kappa shape index (κ3) is 3.73. The van der Waals surface area contributed by atoms with Crippen LogP contribution in [0.15, 0.2) is 0 Å². The van der Waals surface area contributed by atoms with Crippen molar-refractivity contribution in [3.8, 4) is 0 Å². The van der Waals surface area contributed by atoms with Crippen molar-refractivity contribution >= 4 is 16.8 Å². The van der Waals surface area contributed by atoms with Gasteiger partial charge in [0.15, 0.2) is 0 Å². The zero-order valence-electron chi connectivity index (χ0n) is 6.68. The van der Waals surface area contributed by atoms with Crippen LogP contribution in [0.2, 0.25) is 0 Å². The van der Waals surface area contributed by atoms with E-state index in [9.17, 15) is 4.79 Å². The zero-order chi connectivity index (χ0) is 8.10. The summed E-state index contributed by atoms with van der Waals surface area (Å²) in [7, 11) is 0. The highest BCUT2D eigenvalue weighted by Gasteiger charge is 2.10. The van der Waals surface area contributed by atoms with Crippen LogP contribution >= 0.6 is 11.6 Å². The molecule has 64 valence electrons. The Kier molecular flexibility index (Phi) is 3.87. The normalized spacial score (nSPS) is 21.2. The fraction of sp³-hybridized carbons (Fsp3) is 0.875. The quantitative estimate of drug-likeness (QED) is 0.595. The van der Waals surface area contributed by atoms with E-state index < -0.39 is 0 Å². The molecule has 0 bridgehead atoms. The second-order valence-electron chi connectivity index (χ2n) is 3.05. The van der Waals surface area contributed by atoms with Crippen LogP contribution in [-0.2, 0) is 4.79 Å². The molecule has 3 heteroatoms. The molecule has 1 aliphatic heterocycles. The van der Waals surface area contributed by atoms with Gasteiger partial charge in [0.2, 0.25) is 5.24 Å². The van der Waals surface area contributed by atoms with Crippen LogP contribution < -0.4 is 0 Å². The Morgan fingerprint density at radius 2 is 1.73 bits per heavy atom. The summed E-state index contributed by atoms with van der Waals surface area (Å²) in [6.45, 7) is 2.51. The van der Waals surface area contributed by atoms with Crippen molar-refractivity contribution in [2.45, 2.75) is 25.7 Å². The third-order valence-corrected chi connectivity index (χ3v) is 2.17. The number of carbonyl (C=O) groups is 1. The van der Waals surface area contributed by atoms with Crippen molar-refractivity contribution < 1.29 is 4.79 Å². The number of carbonyl (C=O) groups excluding carboxylic acids is 1. The fourth-order valence-electron chi connectivity index (χ4n) is 1.47. The van der Waals surface area contributed by atoms with Crippen molar-refractivity contribution in [1.82, 2.24) is 4.90 Å². The predicted molar refractivity (Wildman–Crippen MR) is 45.8 cm³/mol. The molecule has 1 rings (SSSR count). The zero-order valence-corrected chi connectivity index (χ0v) is 7.44. The van der Waals surface area contributed by atoms with E-state index in [-0.39, 0.29) is 5.24 Å². The van der Waals surface area contributed by atoms with Crippen LogP contribution in [0.25, 0.3) is 0 Å². The highest BCUT2D eigenvalue weighted by Crippen LogP contribution is 2.09. The maximum atomic E-state index is 10.5. The van der Waals surface area contributed by atoms with Crippen LogP contribution in [0.4, 0.5) is 0 Å². The van der Waals surface area contributed by atoms with Crippen molar-refractivity contribution in [2.75, 3.05) is 19.6 Å². The number of likely N-dealkylation sites (tertiary alicyclic amines) is 1. The third-order valence-electron chi connectivity index (χ3n) is 2.05. The monoisotopic (exact) mass is 175 g/mol. The molecule has 1 fully saturated rings. The minimum absolute atomic E-state index is 0.230. The Balaban J connectivity index is 2.25. The standard InChI is InChI=1S/C8H14ClNO/c9-8(11)7-10-5-3-1-2-4-6-10/h1-7H2. The van der Waals surface area contributed by atoms with Crippen LogP contribution in [-0.4, -0.2) is 29.8 Å². The average Bonchev–Trinajstić information content (AvgIpc) is 2.14. The molecule has 0 aliphatic carbocycles. The van der Waals surface area contributed by atoms with E-state index in [2.05, 4.69) is 4.90 Å². The molecule has 0 unspecified atom stereocenters. The van der Waals surface area contributed by atoms with Crippen molar-refractivity contribution in [3.05, 3.63) is 0 Å². The van der Waals surface area contributed by atoms with E-state index in [0.29, 0.717) is 6.54 Å². The molecular weight excluding hydrogens is 162 g/mol. The van der Waals surface area contributed by atoms with E-state index >= 15 is 0 Å². The number of hydrogen-bond acceptors (Lipinski definition) is 2. The summed E-state index contributed by atoms with van der Waals surface area (Å²) in [5.41, 5.74) is 0. The molecule has 0 atom stereocenters. The topological polar surface area (TPSA) is 20.3 Å². The molecule has 0 radical (unpaired) electrons. The SMILES string of the molecule is O=C(Cl)CN1CCCCCC1. The first-order valence-electron chi connectivity index (χ1n) is 4.20. The fourth-order valence-corrected chi connectivity index (χ4v) is 1.64. The van der Waals surface area contributed by atoms with Gasteiger partial charge in [-0.05, 0) is 37.5 Å². The van der Waals surface area contributed by atoms with Gasteiger partial charge in [0.05, 0.1) is 6.54 Å². The summed E-state index contributed by atoms with van der Waals surface area (Å²) in [5.74, 6) is 0. The molecule has 0 aromatic carbocycles. The summed E-state index contributed by atoms with van der Waals surface area (Å²) >= 11 is 5.28. The van der Waals surface area contributed by atoms with Crippen LogP contribution in [0.3, 0.4) is 0 Å². The molecule has 1 saturated heterocycles. The highest BCUT2D eigenvalue weighted by atomic mass is 35.5. The largest absolute Gasteiger partial charge is 0.295 e. The summed E-state index contributed by atoms with van der Waals surface area (Å²) in [5, 5.41) is -0.230. The second-order valence-corrected chi connectivity index (χ2v) is 3.47. The first-order chi connectivity index (χ1) is 5.29. The first-order valence-corrected chi connectivity index (χ1v) is 4.57. The lowest BCUT2D eigenvalue weighted by atomic mass is 10.2. The predicted octanol–water partition coefficient (Wildman–Crippen LogP) is 1.63. The van der Waals surface area contributed by atoms with E-state index in [4.69, 9.17) is 11.6 Å². The number of halogens is 1. The van der Waals surface area contributed by atoms with Gasteiger partial charge in [-0.15, -0.1) is 0 Å². The molecule has 0 aromatic heterocycles. The minimum atomic E-state index is -0.230. The van der Waals surface area contributed by atoms with Crippen LogP contribution in [0.1, 0.15) is 25.7 Å². The van der Waals surface area contributed by atoms with Crippen molar-refractivity contribution in [1.29, 1.82) is 0 Å². The lowest BCUT2D eigenvalue weighted by molar-refractivity contribution is -0.112.